The van der Waals surface area contributed by atoms with Crippen LogP contribution in [0.3, 0.4) is 0 Å². The molecule has 1 aromatic heterocycles. The third-order valence-corrected chi connectivity index (χ3v) is 5.09. The fraction of sp³-hybridized carbons (Fsp3) is 0.353. The molecule has 0 saturated heterocycles. The van der Waals surface area contributed by atoms with E-state index in [9.17, 15) is 23.2 Å². The Morgan fingerprint density at radius 1 is 1.36 bits per heavy atom. The van der Waals surface area contributed by atoms with Gasteiger partial charge >= 0.3 is 5.97 Å². The van der Waals surface area contributed by atoms with Gasteiger partial charge in [0.05, 0.1) is 22.2 Å². The summed E-state index contributed by atoms with van der Waals surface area (Å²) in [5, 5.41) is 3.34. The Balaban J connectivity index is 2.20. The number of carbonyl (C=O) groups excluding carboxylic acids is 2. The van der Waals surface area contributed by atoms with Gasteiger partial charge in [-0.3, -0.25) is 9.59 Å². The lowest BCUT2D eigenvalue weighted by atomic mass is 10.0. The zero-order valence-electron chi connectivity index (χ0n) is 13.6. The van der Waals surface area contributed by atoms with Gasteiger partial charge in [-0.2, -0.15) is 0 Å². The zero-order chi connectivity index (χ0) is 18.4. The molecule has 1 saturated carbocycles. The van der Waals surface area contributed by atoms with Crippen molar-refractivity contribution < 1.29 is 23.1 Å². The lowest BCUT2D eigenvalue weighted by molar-refractivity contribution is -0.120. The molecule has 0 atom stereocenters. The molecule has 1 aliphatic rings. The Hall–Kier alpha value is -2.35. The molecular formula is C17H15F2NO4S. The molecule has 0 aliphatic heterocycles. The second kappa shape index (κ2) is 6.18. The molecular weight excluding hydrogens is 352 g/mol. The van der Waals surface area contributed by atoms with Gasteiger partial charge in [0.25, 0.3) is 0 Å². The maximum Gasteiger partial charge on any atom is 0.342 e. The van der Waals surface area contributed by atoms with E-state index in [1.165, 1.54) is 12.3 Å². The summed E-state index contributed by atoms with van der Waals surface area (Å²) in [4.78, 5) is 35.5. The van der Waals surface area contributed by atoms with Gasteiger partial charge in [-0.25, -0.2) is 13.6 Å². The van der Waals surface area contributed by atoms with Crippen LogP contribution in [0.25, 0.3) is 10.1 Å². The molecule has 2 aromatic rings. The molecule has 0 spiro atoms. The third-order valence-electron chi connectivity index (χ3n) is 4.12. The largest absolute Gasteiger partial charge is 0.462 e. The van der Waals surface area contributed by atoms with Gasteiger partial charge in [0.1, 0.15) is 17.2 Å². The average molecular weight is 367 g/mol. The molecule has 8 heteroatoms. The van der Waals surface area contributed by atoms with E-state index in [1.807, 2.05) is 0 Å². The van der Waals surface area contributed by atoms with Gasteiger partial charge in [0.15, 0.2) is 0 Å². The molecule has 5 nitrogen and oxygen atoms in total. The molecule has 1 amide bonds. The number of fused-ring (bicyclic) bond motifs is 1. The van der Waals surface area contributed by atoms with E-state index in [1.54, 1.807) is 6.92 Å². The number of nitrogens with one attached hydrogen (secondary N) is 1. The van der Waals surface area contributed by atoms with E-state index in [0.717, 1.165) is 17.4 Å². The minimum absolute atomic E-state index is 0.0206. The molecule has 1 fully saturated rings. The number of benzene rings is 1. The SMILES string of the molecule is CCOC(=O)c1csc2c(F)c(C3(NC(C)=O)CC3)cc(F)c2c1=O. The summed E-state index contributed by atoms with van der Waals surface area (Å²) in [6.45, 7) is 2.95. The van der Waals surface area contributed by atoms with Crippen molar-refractivity contribution in [2.45, 2.75) is 32.2 Å². The molecule has 132 valence electrons. The number of carbonyl (C=O) groups is 2. The van der Waals surface area contributed by atoms with Gasteiger partial charge < -0.3 is 10.1 Å². The quantitative estimate of drug-likeness (QED) is 0.844. The van der Waals surface area contributed by atoms with Crippen LogP contribution in [-0.4, -0.2) is 18.5 Å². The summed E-state index contributed by atoms with van der Waals surface area (Å²) in [5.41, 5.74) is -2.14. The second-order valence-corrected chi connectivity index (χ2v) is 6.77. The van der Waals surface area contributed by atoms with Crippen molar-refractivity contribution in [1.29, 1.82) is 0 Å². The van der Waals surface area contributed by atoms with Crippen LogP contribution in [0.5, 0.6) is 0 Å². The van der Waals surface area contributed by atoms with Crippen molar-refractivity contribution in [3.05, 3.63) is 44.4 Å². The topological polar surface area (TPSA) is 72.5 Å². The molecule has 1 aromatic carbocycles. The van der Waals surface area contributed by atoms with Crippen LogP contribution in [0.2, 0.25) is 0 Å². The van der Waals surface area contributed by atoms with Crippen LogP contribution in [0.1, 0.15) is 42.6 Å². The lowest BCUT2D eigenvalue weighted by Gasteiger charge is -2.18. The fourth-order valence-corrected chi connectivity index (χ4v) is 3.81. The molecule has 25 heavy (non-hydrogen) atoms. The predicted octanol–water partition coefficient (Wildman–Crippen LogP) is 2.84. The van der Waals surface area contributed by atoms with E-state index in [-0.39, 0.29) is 28.3 Å². The van der Waals surface area contributed by atoms with Crippen LogP contribution >= 0.6 is 11.3 Å². The molecule has 1 N–H and O–H groups in total. The Morgan fingerprint density at radius 2 is 2.04 bits per heavy atom. The van der Waals surface area contributed by atoms with Crippen molar-refractivity contribution in [3.63, 3.8) is 0 Å². The number of amides is 1. The number of ether oxygens (including phenoxy) is 1. The van der Waals surface area contributed by atoms with Gasteiger partial charge in [0, 0.05) is 17.9 Å². The monoisotopic (exact) mass is 367 g/mol. The number of rotatable bonds is 4. The molecule has 1 aliphatic carbocycles. The van der Waals surface area contributed by atoms with E-state index < -0.39 is 34.0 Å². The summed E-state index contributed by atoms with van der Waals surface area (Å²) in [6, 6.07) is 0.934. The van der Waals surface area contributed by atoms with Crippen LogP contribution in [0, 0.1) is 11.6 Å². The average Bonchev–Trinajstić information content (AvgIpc) is 3.30. The summed E-state index contributed by atoms with van der Waals surface area (Å²) < 4.78 is 34.1. The molecule has 1 heterocycles. The minimum atomic E-state index is -0.930. The molecule has 3 rings (SSSR count). The summed E-state index contributed by atoms with van der Waals surface area (Å²) >= 11 is 0.761. The normalized spacial score (nSPS) is 15.0. The highest BCUT2D eigenvalue weighted by atomic mass is 32.1. The zero-order valence-corrected chi connectivity index (χ0v) is 14.4. The molecule has 0 unspecified atom stereocenters. The first-order valence-corrected chi connectivity index (χ1v) is 8.58. The van der Waals surface area contributed by atoms with Gasteiger partial charge in [0.2, 0.25) is 11.3 Å². The summed E-state index contributed by atoms with van der Waals surface area (Å²) in [5.74, 6) is -2.88. The highest BCUT2D eigenvalue weighted by molar-refractivity contribution is 7.16. The van der Waals surface area contributed by atoms with Crippen molar-refractivity contribution in [2.24, 2.45) is 0 Å². The van der Waals surface area contributed by atoms with Gasteiger partial charge in [-0.05, 0) is 25.8 Å². The maximum absolute atomic E-state index is 14.9. The number of hydrogen-bond acceptors (Lipinski definition) is 5. The van der Waals surface area contributed by atoms with Gasteiger partial charge in [-0.15, -0.1) is 11.3 Å². The predicted molar refractivity (Wildman–Crippen MR) is 88.7 cm³/mol. The van der Waals surface area contributed by atoms with Crippen LogP contribution in [0.4, 0.5) is 8.78 Å². The van der Waals surface area contributed by atoms with Crippen molar-refractivity contribution in [1.82, 2.24) is 5.32 Å². The fourth-order valence-electron chi connectivity index (χ4n) is 2.85. The van der Waals surface area contributed by atoms with Crippen LogP contribution < -0.4 is 10.7 Å². The lowest BCUT2D eigenvalue weighted by Crippen LogP contribution is -2.34. The van der Waals surface area contributed by atoms with Crippen molar-refractivity contribution >= 4 is 33.3 Å². The van der Waals surface area contributed by atoms with Crippen LogP contribution in [0.15, 0.2) is 16.2 Å². The minimum Gasteiger partial charge on any atom is -0.462 e. The molecule has 0 radical (unpaired) electrons. The second-order valence-electron chi connectivity index (χ2n) is 5.89. The number of halogens is 2. The Morgan fingerprint density at radius 3 is 2.60 bits per heavy atom. The first-order chi connectivity index (χ1) is 11.8. The van der Waals surface area contributed by atoms with Crippen LogP contribution in [-0.2, 0) is 15.1 Å². The van der Waals surface area contributed by atoms with Crippen molar-refractivity contribution in [2.75, 3.05) is 6.61 Å². The maximum atomic E-state index is 14.9. The smallest absolute Gasteiger partial charge is 0.342 e. The van der Waals surface area contributed by atoms with E-state index in [2.05, 4.69) is 5.32 Å². The van der Waals surface area contributed by atoms with E-state index in [4.69, 9.17) is 4.74 Å². The molecule has 0 bridgehead atoms. The Bertz CT molecular complexity index is 950. The standard InChI is InChI=1S/C17H15F2NO4S/c1-3-24-16(23)9-7-25-15-12(14(9)22)11(18)6-10(13(15)19)17(4-5-17)20-8(2)21/h6-7H,3-5H2,1-2H3,(H,20,21). The Labute approximate surface area is 145 Å². The highest BCUT2D eigenvalue weighted by Gasteiger charge is 2.47. The number of esters is 1. The van der Waals surface area contributed by atoms with Crippen molar-refractivity contribution in [3.8, 4) is 0 Å². The third kappa shape index (κ3) is 2.90. The highest BCUT2D eigenvalue weighted by Crippen LogP contribution is 2.48. The summed E-state index contributed by atoms with van der Waals surface area (Å²) in [7, 11) is 0. The first kappa shape index (κ1) is 17.5. The Kier molecular flexibility index (Phi) is 4.32. The van der Waals surface area contributed by atoms with E-state index >= 15 is 0 Å². The number of hydrogen-bond donors (Lipinski definition) is 1. The van der Waals surface area contributed by atoms with E-state index in [0.29, 0.717) is 12.8 Å². The summed E-state index contributed by atoms with van der Waals surface area (Å²) in [6.07, 6.45) is 0.981. The van der Waals surface area contributed by atoms with Gasteiger partial charge in [-0.1, -0.05) is 0 Å². The first-order valence-electron chi connectivity index (χ1n) is 7.70.